The van der Waals surface area contributed by atoms with Gasteiger partial charge in [0.15, 0.2) is 5.84 Å². The Kier molecular flexibility index (Phi) is 4.18. The molecule has 1 atom stereocenters. The summed E-state index contributed by atoms with van der Waals surface area (Å²) in [6.07, 6.45) is 2.20. The van der Waals surface area contributed by atoms with E-state index in [9.17, 15) is 0 Å². The summed E-state index contributed by atoms with van der Waals surface area (Å²) in [5, 5.41) is 11.8. The number of oxime groups is 1. The smallest absolute Gasteiger partial charge is 0.170 e. The Hall–Kier alpha value is -1.75. The molecule has 1 unspecified atom stereocenters. The highest BCUT2D eigenvalue weighted by Gasteiger charge is 2.30. The number of rotatable bonds is 3. The second kappa shape index (κ2) is 5.71. The summed E-state index contributed by atoms with van der Waals surface area (Å²) in [7, 11) is 1.77. The molecule has 1 saturated heterocycles. The van der Waals surface area contributed by atoms with Crippen LogP contribution in [0.25, 0.3) is 0 Å². The molecule has 3 N–H and O–H groups in total. The minimum Gasteiger partial charge on any atom is -0.409 e. The molecule has 0 aliphatic carbocycles. The highest BCUT2D eigenvalue weighted by atomic mass is 16.5. The second-order valence-corrected chi connectivity index (χ2v) is 5.66. The van der Waals surface area contributed by atoms with Crippen LogP contribution in [0.4, 0.5) is 5.69 Å². The predicted octanol–water partition coefficient (Wildman–Crippen LogP) is 2.09. The van der Waals surface area contributed by atoms with Gasteiger partial charge in [0.1, 0.15) is 0 Å². The molecular weight excluding hydrogens is 254 g/mol. The number of amidine groups is 1. The van der Waals surface area contributed by atoms with Crippen LogP contribution in [0.5, 0.6) is 0 Å². The molecule has 2 rings (SSSR count). The quantitative estimate of drug-likeness (QED) is 0.384. The number of hydrogen-bond acceptors (Lipinski definition) is 4. The van der Waals surface area contributed by atoms with Crippen molar-refractivity contribution in [2.75, 3.05) is 25.1 Å². The van der Waals surface area contributed by atoms with Gasteiger partial charge in [-0.25, -0.2) is 0 Å². The summed E-state index contributed by atoms with van der Waals surface area (Å²) >= 11 is 0. The first-order chi connectivity index (χ1) is 9.49. The lowest BCUT2D eigenvalue weighted by Crippen LogP contribution is -2.47. The Balaban J connectivity index is 2.24. The van der Waals surface area contributed by atoms with Crippen molar-refractivity contribution in [3.63, 3.8) is 0 Å². The molecule has 5 heteroatoms. The third-order valence-electron chi connectivity index (χ3n) is 4.11. The molecule has 110 valence electrons. The van der Waals surface area contributed by atoms with E-state index in [0.717, 1.165) is 42.7 Å². The van der Waals surface area contributed by atoms with Crippen LogP contribution in [-0.4, -0.2) is 36.8 Å². The van der Waals surface area contributed by atoms with E-state index in [0.29, 0.717) is 0 Å². The first-order valence-corrected chi connectivity index (χ1v) is 6.88. The zero-order valence-corrected chi connectivity index (χ0v) is 12.4. The third-order valence-corrected chi connectivity index (χ3v) is 4.11. The van der Waals surface area contributed by atoms with Gasteiger partial charge in [-0.3, -0.25) is 0 Å². The summed E-state index contributed by atoms with van der Waals surface area (Å²) in [6.45, 7) is 6.03. The van der Waals surface area contributed by atoms with Crippen LogP contribution in [0.3, 0.4) is 0 Å². The average Bonchev–Trinajstić information content (AvgIpc) is 2.46. The molecule has 5 nitrogen and oxygen atoms in total. The zero-order chi connectivity index (χ0) is 14.8. The van der Waals surface area contributed by atoms with Crippen molar-refractivity contribution in [1.82, 2.24) is 0 Å². The number of benzene rings is 1. The lowest BCUT2D eigenvalue weighted by molar-refractivity contribution is -0.00465. The number of piperidine rings is 1. The van der Waals surface area contributed by atoms with Crippen LogP contribution in [0.1, 0.15) is 30.9 Å². The van der Waals surface area contributed by atoms with E-state index in [-0.39, 0.29) is 11.4 Å². The maximum Gasteiger partial charge on any atom is 0.170 e. The molecule has 1 aromatic carbocycles. The van der Waals surface area contributed by atoms with Crippen molar-refractivity contribution < 1.29 is 9.94 Å². The fourth-order valence-corrected chi connectivity index (χ4v) is 2.78. The molecule has 0 amide bonds. The fourth-order valence-electron chi connectivity index (χ4n) is 2.78. The molecule has 1 aliphatic heterocycles. The Morgan fingerprint density at radius 3 is 2.85 bits per heavy atom. The van der Waals surface area contributed by atoms with Crippen LogP contribution in [-0.2, 0) is 4.74 Å². The predicted molar refractivity (Wildman–Crippen MR) is 80.6 cm³/mol. The van der Waals surface area contributed by atoms with Gasteiger partial charge in [0.05, 0.1) is 5.60 Å². The standard InChI is InChI=1S/C15H23N3O2/c1-11-9-12(5-6-13(11)14(16)17-19)18-8-4-7-15(2,10-18)20-3/h5-6,9,19H,4,7-8,10H2,1-3H3,(H2,16,17). The van der Waals surface area contributed by atoms with E-state index in [4.69, 9.17) is 15.7 Å². The number of ether oxygens (including phenoxy) is 1. The molecule has 1 aromatic rings. The second-order valence-electron chi connectivity index (χ2n) is 5.66. The number of methoxy groups -OCH3 is 1. The Morgan fingerprint density at radius 2 is 2.25 bits per heavy atom. The first kappa shape index (κ1) is 14.7. The summed E-state index contributed by atoms with van der Waals surface area (Å²) in [5.74, 6) is 0.148. The van der Waals surface area contributed by atoms with E-state index in [2.05, 4.69) is 23.0 Å². The van der Waals surface area contributed by atoms with Gasteiger partial charge >= 0.3 is 0 Å². The van der Waals surface area contributed by atoms with Crippen LogP contribution in [0.2, 0.25) is 0 Å². The number of aryl methyl sites for hydroxylation is 1. The van der Waals surface area contributed by atoms with Gasteiger partial charge in [0, 0.05) is 31.5 Å². The van der Waals surface area contributed by atoms with Crippen molar-refractivity contribution in [2.45, 2.75) is 32.3 Å². The van der Waals surface area contributed by atoms with Gasteiger partial charge in [-0.05, 0) is 50.5 Å². The zero-order valence-electron chi connectivity index (χ0n) is 12.4. The van der Waals surface area contributed by atoms with Gasteiger partial charge in [0.2, 0.25) is 0 Å². The number of anilines is 1. The van der Waals surface area contributed by atoms with Crippen molar-refractivity contribution in [3.05, 3.63) is 29.3 Å². The minimum absolute atomic E-state index is 0.0869. The number of hydrogen-bond donors (Lipinski definition) is 2. The number of nitrogens with zero attached hydrogens (tertiary/aromatic N) is 2. The van der Waals surface area contributed by atoms with Gasteiger partial charge in [-0.15, -0.1) is 0 Å². The minimum atomic E-state index is -0.0869. The lowest BCUT2D eigenvalue weighted by Gasteiger charge is -2.40. The van der Waals surface area contributed by atoms with Gasteiger partial charge in [-0.1, -0.05) is 5.16 Å². The molecule has 1 fully saturated rings. The van der Waals surface area contributed by atoms with Gasteiger partial charge in [0.25, 0.3) is 0 Å². The van der Waals surface area contributed by atoms with Crippen molar-refractivity contribution >= 4 is 11.5 Å². The van der Waals surface area contributed by atoms with Crippen molar-refractivity contribution in [3.8, 4) is 0 Å². The first-order valence-electron chi connectivity index (χ1n) is 6.88. The molecule has 1 aliphatic rings. The summed E-state index contributed by atoms with van der Waals surface area (Å²) in [4.78, 5) is 2.33. The summed E-state index contributed by atoms with van der Waals surface area (Å²) < 4.78 is 5.63. The third kappa shape index (κ3) is 2.88. The topological polar surface area (TPSA) is 71.1 Å². The van der Waals surface area contributed by atoms with Crippen LogP contribution >= 0.6 is 0 Å². The fraction of sp³-hybridized carbons (Fsp3) is 0.533. The molecule has 1 heterocycles. The SMILES string of the molecule is COC1(C)CCCN(c2ccc(/C(N)=N/O)c(C)c2)C1. The average molecular weight is 277 g/mol. The molecule has 20 heavy (non-hydrogen) atoms. The van der Waals surface area contributed by atoms with E-state index in [1.54, 1.807) is 7.11 Å². The molecular formula is C15H23N3O2. The van der Waals surface area contributed by atoms with E-state index >= 15 is 0 Å². The van der Waals surface area contributed by atoms with Crippen molar-refractivity contribution in [2.24, 2.45) is 10.9 Å². The normalized spacial score (nSPS) is 23.9. The number of nitrogens with two attached hydrogens (primary N) is 1. The van der Waals surface area contributed by atoms with Gasteiger partial charge in [-0.2, -0.15) is 0 Å². The van der Waals surface area contributed by atoms with E-state index in [1.165, 1.54) is 0 Å². The van der Waals surface area contributed by atoms with E-state index in [1.807, 2.05) is 19.1 Å². The van der Waals surface area contributed by atoms with Crippen LogP contribution < -0.4 is 10.6 Å². The molecule has 0 spiro atoms. The lowest BCUT2D eigenvalue weighted by atomic mass is 9.94. The van der Waals surface area contributed by atoms with Crippen LogP contribution in [0.15, 0.2) is 23.4 Å². The Labute approximate surface area is 120 Å². The molecule has 0 bridgehead atoms. The Morgan fingerprint density at radius 1 is 1.50 bits per heavy atom. The molecule has 0 radical (unpaired) electrons. The van der Waals surface area contributed by atoms with Crippen molar-refractivity contribution in [1.29, 1.82) is 0 Å². The van der Waals surface area contributed by atoms with Gasteiger partial charge < -0.3 is 20.6 Å². The summed E-state index contributed by atoms with van der Waals surface area (Å²) in [5.41, 5.74) is 8.49. The highest BCUT2D eigenvalue weighted by molar-refractivity contribution is 5.98. The highest BCUT2D eigenvalue weighted by Crippen LogP contribution is 2.29. The monoisotopic (exact) mass is 277 g/mol. The largest absolute Gasteiger partial charge is 0.409 e. The molecule has 0 saturated carbocycles. The maximum atomic E-state index is 8.77. The summed E-state index contributed by atoms with van der Waals surface area (Å²) in [6, 6.07) is 6.00. The maximum absolute atomic E-state index is 8.77. The van der Waals surface area contributed by atoms with Crippen LogP contribution in [0, 0.1) is 6.92 Å². The Bertz CT molecular complexity index is 516. The van der Waals surface area contributed by atoms with E-state index < -0.39 is 0 Å². The molecule has 0 aromatic heterocycles.